The molecule has 2 aromatic rings. The van der Waals surface area contributed by atoms with Gasteiger partial charge in [-0.25, -0.2) is 8.42 Å². The fourth-order valence-corrected chi connectivity index (χ4v) is 4.39. The molecule has 1 aliphatic heterocycles. The predicted octanol–water partition coefficient (Wildman–Crippen LogP) is 3.74. The third kappa shape index (κ3) is 4.00. The lowest BCUT2D eigenvalue weighted by Crippen LogP contribution is -2.24. The Morgan fingerprint density at radius 1 is 1.15 bits per heavy atom. The van der Waals surface area contributed by atoms with E-state index in [0.717, 1.165) is 0 Å². The number of halogens is 2. The summed E-state index contributed by atoms with van der Waals surface area (Å²) in [5.74, 6) is -0.867. The van der Waals surface area contributed by atoms with Crippen LogP contribution in [-0.4, -0.2) is 33.2 Å². The fraction of sp³-hybridized carbons (Fsp3) is 0.211. The molecule has 8 heteroatoms. The van der Waals surface area contributed by atoms with E-state index in [2.05, 4.69) is 4.74 Å². The van der Waals surface area contributed by atoms with Crippen molar-refractivity contribution in [3.63, 3.8) is 0 Å². The Kier molecular flexibility index (Phi) is 5.27. The maximum atomic E-state index is 12.6. The molecular formula is C19H16F2O5S. The molecule has 2 aromatic carbocycles. The monoisotopic (exact) mass is 394 g/mol. The minimum absolute atomic E-state index is 0.0165. The van der Waals surface area contributed by atoms with Gasteiger partial charge in [0.1, 0.15) is 0 Å². The highest BCUT2D eigenvalue weighted by Crippen LogP contribution is 2.33. The molecule has 0 bridgehead atoms. The molecule has 0 unspecified atom stereocenters. The molecule has 3 rings (SSSR count). The zero-order valence-electron chi connectivity index (χ0n) is 14.3. The number of alkyl halides is 2. The first-order chi connectivity index (χ1) is 12.8. The molecule has 27 heavy (non-hydrogen) atoms. The molecule has 142 valence electrons. The first kappa shape index (κ1) is 19.0. The highest BCUT2D eigenvalue weighted by Gasteiger charge is 2.32. The zero-order chi connectivity index (χ0) is 19.6. The second kappa shape index (κ2) is 7.48. The highest BCUT2D eigenvalue weighted by molar-refractivity contribution is 7.91. The number of sulfone groups is 1. The first-order valence-electron chi connectivity index (χ1n) is 8.10. The fourth-order valence-electron chi connectivity index (χ4n) is 2.83. The highest BCUT2D eigenvalue weighted by atomic mass is 32.2. The Bertz CT molecular complexity index is 1010. The van der Waals surface area contributed by atoms with Gasteiger partial charge in [-0.05, 0) is 42.8 Å². The number of carbonyl (C=O) groups excluding carboxylic acids is 1. The van der Waals surface area contributed by atoms with Crippen molar-refractivity contribution >= 4 is 21.7 Å². The van der Waals surface area contributed by atoms with Gasteiger partial charge in [0, 0.05) is 11.1 Å². The molecule has 0 saturated carbocycles. The van der Waals surface area contributed by atoms with Crippen molar-refractivity contribution in [2.75, 3.05) is 12.4 Å². The van der Waals surface area contributed by atoms with Gasteiger partial charge < -0.3 is 9.47 Å². The summed E-state index contributed by atoms with van der Waals surface area (Å²) < 4.78 is 59.6. The SMILES string of the molecule is CCOc1cc(/C=C2\CS(=O)(=O)c3ccccc3C2=O)ccc1OC(F)F. The maximum absolute atomic E-state index is 12.6. The van der Waals surface area contributed by atoms with Crippen LogP contribution in [-0.2, 0) is 9.84 Å². The Labute approximate surface area is 155 Å². The van der Waals surface area contributed by atoms with E-state index in [-0.39, 0.29) is 39.9 Å². The number of hydrogen-bond acceptors (Lipinski definition) is 5. The van der Waals surface area contributed by atoms with E-state index in [1.54, 1.807) is 19.1 Å². The third-order valence-electron chi connectivity index (χ3n) is 3.93. The molecule has 5 nitrogen and oxygen atoms in total. The average molecular weight is 394 g/mol. The van der Waals surface area contributed by atoms with Gasteiger partial charge in [0.05, 0.1) is 17.3 Å². The molecule has 0 aliphatic carbocycles. The number of Topliss-reactive ketones (excluding diaryl/α,β-unsaturated/α-hetero) is 1. The van der Waals surface area contributed by atoms with E-state index in [9.17, 15) is 22.0 Å². The molecule has 1 heterocycles. The Hall–Kier alpha value is -2.74. The number of ether oxygens (including phenoxy) is 2. The number of carbonyl (C=O) groups is 1. The van der Waals surface area contributed by atoms with E-state index < -0.39 is 22.2 Å². The molecule has 0 aromatic heterocycles. The van der Waals surface area contributed by atoms with Gasteiger partial charge in [-0.3, -0.25) is 4.79 Å². The van der Waals surface area contributed by atoms with Crippen LogP contribution in [0.15, 0.2) is 52.9 Å². The molecule has 0 N–H and O–H groups in total. The Morgan fingerprint density at radius 2 is 1.89 bits per heavy atom. The smallest absolute Gasteiger partial charge is 0.387 e. The van der Waals surface area contributed by atoms with E-state index in [1.807, 2.05) is 0 Å². The lowest BCUT2D eigenvalue weighted by atomic mass is 10.0. The summed E-state index contributed by atoms with van der Waals surface area (Å²) >= 11 is 0. The predicted molar refractivity (Wildman–Crippen MR) is 95.0 cm³/mol. The topological polar surface area (TPSA) is 69.7 Å². The summed E-state index contributed by atoms with van der Waals surface area (Å²) in [4.78, 5) is 12.7. The minimum Gasteiger partial charge on any atom is -0.490 e. The van der Waals surface area contributed by atoms with Crippen molar-refractivity contribution in [3.05, 3.63) is 59.2 Å². The van der Waals surface area contributed by atoms with Gasteiger partial charge in [0.15, 0.2) is 27.1 Å². The van der Waals surface area contributed by atoms with E-state index in [4.69, 9.17) is 4.74 Å². The second-order valence-corrected chi connectivity index (χ2v) is 7.73. The lowest BCUT2D eigenvalue weighted by molar-refractivity contribution is -0.0514. The quantitative estimate of drug-likeness (QED) is 0.723. The van der Waals surface area contributed by atoms with E-state index in [0.29, 0.717) is 5.56 Å². The van der Waals surface area contributed by atoms with E-state index in [1.165, 1.54) is 36.4 Å². The molecule has 0 saturated heterocycles. The van der Waals surface area contributed by atoms with Crippen molar-refractivity contribution in [1.29, 1.82) is 0 Å². The maximum Gasteiger partial charge on any atom is 0.387 e. The summed E-state index contributed by atoms with van der Waals surface area (Å²) in [6.45, 7) is -1.10. The Morgan fingerprint density at radius 3 is 2.59 bits per heavy atom. The summed E-state index contributed by atoms with van der Waals surface area (Å²) in [5.41, 5.74) is 0.661. The van der Waals surface area contributed by atoms with Crippen LogP contribution in [0.1, 0.15) is 22.8 Å². The molecule has 0 amide bonds. The third-order valence-corrected chi connectivity index (χ3v) is 5.65. The van der Waals surface area contributed by atoms with Crippen molar-refractivity contribution in [3.8, 4) is 11.5 Å². The van der Waals surface area contributed by atoms with Crippen LogP contribution < -0.4 is 9.47 Å². The van der Waals surface area contributed by atoms with Crippen molar-refractivity contribution in [2.24, 2.45) is 0 Å². The van der Waals surface area contributed by atoms with Gasteiger partial charge in [0.25, 0.3) is 0 Å². The summed E-state index contributed by atoms with van der Waals surface area (Å²) in [7, 11) is -3.63. The number of hydrogen-bond donors (Lipinski definition) is 0. The molecular weight excluding hydrogens is 378 g/mol. The van der Waals surface area contributed by atoms with Crippen LogP contribution in [0.4, 0.5) is 8.78 Å². The number of benzene rings is 2. The average Bonchev–Trinajstić information content (AvgIpc) is 2.61. The second-order valence-electron chi connectivity index (χ2n) is 5.77. The van der Waals surface area contributed by atoms with Crippen molar-refractivity contribution < 1.29 is 31.5 Å². The molecule has 0 spiro atoms. The van der Waals surface area contributed by atoms with Gasteiger partial charge >= 0.3 is 6.61 Å². The van der Waals surface area contributed by atoms with Crippen LogP contribution in [0.25, 0.3) is 6.08 Å². The van der Waals surface area contributed by atoms with Crippen LogP contribution in [0, 0.1) is 0 Å². The van der Waals surface area contributed by atoms with Gasteiger partial charge in [-0.2, -0.15) is 8.78 Å². The van der Waals surface area contributed by atoms with Crippen LogP contribution in [0.5, 0.6) is 11.5 Å². The summed E-state index contributed by atoms with van der Waals surface area (Å²) in [6.07, 6.45) is 1.42. The van der Waals surface area contributed by atoms with Crippen molar-refractivity contribution in [2.45, 2.75) is 18.4 Å². The van der Waals surface area contributed by atoms with Crippen LogP contribution in [0.2, 0.25) is 0 Å². The van der Waals surface area contributed by atoms with E-state index >= 15 is 0 Å². The number of rotatable bonds is 5. The number of ketones is 1. The van der Waals surface area contributed by atoms with Crippen LogP contribution in [0.3, 0.4) is 0 Å². The minimum atomic E-state index is -3.63. The lowest BCUT2D eigenvalue weighted by Gasteiger charge is -2.18. The summed E-state index contributed by atoms with van der Waals surface area (Å²) in [6, 6.07) is 10.2. The van der Waals surface area contributed by atoms with Gasteiger partial charge in [0.2, 0.25) is 0 Å². The largest absolute Gasteiger partial charge is 0.490 e. The van der Waals surface area contributed by atoms with Crippen molar-refractivity contribution in [1.82, 2.24) is 0 Å². The standard InChI is InChI=1S/C19H16F2O5S/c1-2-25-16-10-12(7-8-15(16)26-19(20)21)9-13-11-27(23,24)17-6-4-3-5-14(17)18(13)22/h3-10,19H,2,11H2,1H3/b13-9+. The van der Waals surface area contributed by atoms with Crippen LogP contribution >= 0.6 is 0 Å². The number of fused-ring (bicyclic) bond motifs is 1. The summed E-state index contributed by atoms with van der Waals surface area (Å²) in [5, 5.41) is 0. The zero-order valence-corrected chi connectivity index (χ0v) is 15.1. The first-order valence-corrected chi connectivity index (χ1v) is 9.75. The Balaban J connectivity index is 2.02. The molecule has 1 aliphatic rings. The molecule has 0 fully saturated rings. The molecule has 0 radical (unpaired) electrons. The molecule has 0 atom stereocenters. The van der Waals surface area contributed by atoms with Gasteiger partial charge in [-0.15, -0.1) is 0 Å². The van der Waals surface area contributed by atoms with Gasteiger partial charge in [-0.1, -0.05) is 18.2 Å². The normalized spacial score (nSPS) is 17.0.